The third-order valence-electron chi connectivity index (χ3n) is 4.38. The van der Waals surface area contributed by atoms with Crippen molar-refractivity contribution < 1.29 is 8.78 Å². The summed E-state index contributed by atoms with van der Waals surface area (Å²) in [5.74, 6) is -1.56. The van der Waals surface area contributed by atoms with Gasteiger partial charge in [0.15, 0.2) is 0 Å². The molecule has 2 rings (SSSR count). The molecule has 0 aromatic carbocycles. The number of likely N-dealkylation sites (tertiary alicyclic amines) is 1. The van der Waals surface area contributed by atoms with Gasteiger partial charge in [-0.2, -0.15) is 0 Å². The number of alkyl halides is 2. The molecule has 0 amide bonds. The largest absolute Gasteiger partial charge is 0.300 e. The van der Waals surface area contributed by atoms with E-state index in [1.165, 1.54) is 32.1 Å². The normalized spacial score (nSPS) is 36.2. The molecule has 2 atom stereocenters. The summed E-state index contributed by atoms with van der Waals surface area (Å²) < 4.78 is 26.1. The van der Waals surface area contributed by atoms with Crippen molar-refractivity contribution in [2.75, 3.05) is 13.1 Å². The van der Waals surface area contributed by atoms with Gasteiger partial charge in [0.2, 0.25) is 0 Å². The summed E-state index contributed by atoms with van der Waals surface area (Å²) in [5, 5.41) is 0. The van der Waals surface area contributed by atoms with Crippen LogP contribution in [0.2, 0.25) is 0 Å². The lowest BCUT2D eigenvalue weighted by Crippen LogP contribution is -2.46. The maximum Gasteiger partial charge on any atom is 0.250 e. The molecular formula is C13H23F2N. The van der Waals surface area contributed by atoms with Gasteiger partial charge in [0.05, 0.1) is 0 Å². The van der Waals surface area contributed by atoms with E-state index in [0.29, 0.717) is 19.1 Å². The van der Waals surface area contributed by atoms with Crippen molar-refractivity contribution in [2.24, 2.45) is 5.92 Å². The first kappa shape index (κ1) is 12.3. The summed E-state index contributed by atoms with van der Waals surface area (Å²) in [6.45, 7) is 3.46. The zero-order valence-corrected chi connectivity index (χ0v) is 10.2. The van der Waals surface area contributed by atoms with Crippen LogP contribution >= 0.6 is 0 Å². The van der Waals surface area contributed by atoms with E-state index < -0.39 is 5.92 Å². The van der Waals surface area contributed by atoms with Crippen LogP contribution in [0.4, 0.5) is 8.78 Å². The molecule has 0 spiro atoms. The fraction of sp³-hybridized carbons (Fsp3) is 1.00. The van der Waals surface area contributed by atoms with E-state index in [1.54, 1.807) is 0 Å². The highest BCUT2D eigenvalue weighted by Gasteiger charge is 2.37. The molecule has 1 aliphatic heterocycles. The minimum atomic E-state index is -2.39. The molecule has 0 aromatic rings. The molecule has 94 valence electrons. The van der Waals surface area contributed by atoms with Gasteiger partial charge in [0.1, 0.15) is 0 Å². The lowest BCUT2D eigenvalue weighted by Gasteiger charge is -2.41. The van der Waals surface area contributed by atoms with Gasteiger partial charge in [-0.3, -0.25) is 4.90 Å². The Bertz CT molecular complexity index is 220. The van der Waals surface area contributed by atoms with Gasteiger partial charge < -0.3 is 0 Å². The van der Waals surface area contributed by atoms with Crippen molar-refractivity contribution in [3.63, 3.8) is 0 Å². The average molecular weight is 231 g/mol. The molecule has 1 saturated heterocycles. The van der Waals surface area contributed by atoms with Crippen LogP contribution in [0.5, 0.6) is 0 Å². The van der Waals surface area contributed by atoms with Crippen molar-refractivity contribution in [3.8, 4) is 0 Å². The van der Waals surface area contributed by atoms with E-state index >= 15 is 0 Å². The maximum atomic E-state index is 13.1. The van der Waals surface area contributed by atoms with Crippen molar-refractivity contribution in [1.29, 1.82) is 0 Å². The third-order valence-corrected chi connectivity index (χ3v) is 4.38. The fourth-order valence-electron chi connectivity index (χ4n) is 3.18. The van der Waals surface area contributed by atoms with E-state index in [0.717, 1.165) is 5.92 Å². The Kier molecular flexibility index (Phi) is 3.83. The van der Waals surface area contributed by atoms with Crippen molar-refractivity contribution in [3.05, 3.63) is 0 Å². The molecule has 1 saturated carbocycles. The third kappa shape index (κ3) is 2.93. The molecule has 0 radical (unpaired) electrons. The number of nitrogens with zero attached hydrogens (tertiary/aromatic N) is 1. The molecule has 3 heteroatoms. The second-order valence-corrected chi connectivity index (χ2v) is 5.49. The molecule has 0 unspecified atom stereocenters. The van der Waals surface area contributed by atoms with E-state index in [9.17, 15) is 8.78 Å². The summed E-state index contributed by atoms with van der Waals surface area (Å²) in [4.78, 5) is 2.32. The highest BCUT2D eigenvalue weighted by Crippen LogP contribution is 2.34. The molecular weight excluding hydrogens is 208 g/mol. The highest BCUT2D eigenvalue weighted by atomic mass is 19.3. The van der Waals surface area contributed by atoms with Crippen molar-refractivity contribution in [2.45, 2.75) is 63.8 Å². The molecule has 2 aliphatic rings. The lowest BCUT2D eigenvalue weighted by molar-refractivity contribution is -0.0673. The quantitative estimate of drug-likeness (QED) is 0.700. The highest BCUT2D eigenvalue weighted by molar-refractivity contribution is 4.85. The molecule has 0 N–H and O–H groups in total. The Hall–Kier alpha value is -0.180. The second-order valence-electron chi connectivity index (χ2n) is 5.49. The van der Waals surface area contributed by atoms with Gasteiger partial charge in [0.25, 0.3) is 5.92 Å². The number of rotatable bonds is 2. The van der Waals surface area contributed by atoms with Crippen LogP contribution < -0.4 is 0 Å². The minimum Gasteiger partial charge on any atom is -0.300 e. The number of halogens is 2. The lowest BCUT2D eigenvalue weighted by atomic mass is 9.83. The van der Waals surface area contributed by atoms with Crippen molar-refractivity contribution in [1.82, 2.24) is 4.90 Å². The predicted molar refractivity (Wildman–Crippen MR) is 61.8 cm³/mol. The van der Waals surface area contributed by atoms with Gasteiger partial charge in [-0.05, 0) is 18.8 Å². The number of piperidine rings is 1. The fourth-order valence-corrected chi connectivity index (χ4v) is 3.18. The topological polar surface area (TPSA) is 3.24 Å². The van der Waals surface area contributed by atoms with Crippen LogP contribution in [0, 0.1) is 5.92 Å². The zero-order valence-electron chi connectivity index (χ0n) is 10.2. The van der Waals surface area contributed by atoms with Gasteiger partial charge in [-0.25, -0.2) is 8.78 Å². The minimum absolute atomic E-state index is 0.0697. The maximum absolute atomic E-state index is 13.1. The SMILES string of the molecule is CC[C@H]1CCC[C@@H](N2CCC(F)(F)CC2)C1. The van der Waals surface area contributed by atoms with E-state index in [1.807, 2.05) is 0 Å². The molecule has 0 bridgehead atoms. The summed E-state index contributed by atoms with van der Waals surface area (Å²) >= 11 is 0. The van der Waals surface area contributed by atoms with Crippen LogP contribution in [0.1, 0.15) is 51.9 Å². The van der Waals surface area contributed by atoms with Crippen LogP contribution in [-0.4, -0.2) is 30.0 Å². The Morgan fingerprint density at radius 1 is 1.19 bits per heavy atom. The summed E-state index contributed by atoms with van der Waals surface area (Å²) in [6.07, 6.45) is 6.48. The number of hydrogen-bond acceptors (Lipinski definition) is 1. The summed E-state index contributed by atoms with van der Waals surface area (Å²) in [7, 11) is 0. The molecule has 2 fully saturated rings. The molecule has 0 aromatic heterocycles. The summed E-state index contributed by atoms with van der Waals surface area (Å²) in [6, 6.07) is 0.592. The molecule has 1 nitrogen and oxygen atoms in total. The van der Waals surface area contributed by atoms with Gasteiger partial charge in [0, 0.05) is 32.0 Å². The Balaban J connectivity index is 1.84. The first-order valence-electron chi connectivity index (χ1n) is 6.72. The molecule has 1 aliphatic carbocycles. The van der Waals surface area contributed by atoms with E-state index in [2.05, 4.69) is 11.8 Å². The monoisotopic (exact) mass is 231 g/mol. The van der Waals surface area contributed by atoms with E-state index in [-0.39, 0.29) is 12.8 Å². The standard InChI is InChI=1S/C13H23F2N/c1-2-11-4-3-5-12(10-11)16-8-6-13(14,15)7-9-16/h11-12H,2-10H2,1H3/t11-,12+/m0/s1. The van der Waals surface area contributed by atoms with Crippen LogP contribution in [0.25, 0.3) is 0 Å². The first-order chi connectivity index (χ1) is 7.61. The summed E-state index contributed by atoms with van der Waals surface area (Å²) in [5.41, 5.74) is 0. The van der Waals surface area contributed by atoms with E-state index in [4.69, 9.17) is 0 Å². The molecule has 16 heavy (non-hydrogen) atoms. The number of hydrogen-bond donors (Lipinski definition) is 0. The second kappa shape index (κ2) is 4.99. The Labute approximate surface area is 97.2 Å². The Morgan fingerprint density at radius 3 is 2.50 bits per heavy atom. The van der Waals surface area contributed by atoms with Crippen LogP contribution in [0.15, 0.2) is 0 Å². The Morgan fingerprint density at radius 2 is 1.88 bits per heavy atom. The van der Waals surface area contributed by atoms with Gasteiger partial charge in [-0.1, -0.05) is 26.2 Å². The zero-order chi connectivity index (χ0) is 11.6. The molecule has 1 heterocycles. The average Bonchev–Trinajstić information content (AvgIpc) is 2.29. The van der Waals surface area contributed by atoms with Gasteiger partial charge >= 0.3 is 0 Å². The van der Waals surface area contributed by atoms with Gasteiger partial charge in [-0.15, -0.1) is 0 Å². The smallest absolute Gasteiger partial charge is 0.250 e. The van der Waals surface area contributed by atoms with Crippen LogP contribution in [0.3, 0.4) is 0 Å². The predicted octanol–water partition coefficient (Wildman–Crippen LogP) is 3.69. The van der Waals surface area contributed by atoms with Crippen LogP contribution in [-0.2, 0) is 0 Å². The van der Waals surface area contributed by atoms with Crippen molar-refractivity contribution >= 4 is 0 Å². The first-order valence-corrected chi connectivity index (χ1v) is 6.72.